The maximum absolute atomic E-state index is 3.84. The Bertz CT molecular complexity index is 453. The van der Waals surface area contributed by atoms with E-state index in [4.69, 9.17) is 0 Å². The summed E-state index contributed by atoms with van der Waals surface area (Å²) < 4.78 is 2.58. The van der Waals surface area contributed by atoms with Gasteiger partial charge < -0.3 is 5.32 Å². The zero-order valence-corrected chi connectivity index (χ0v) is 17.1. The molecule has 0 heterocycles. The first kappa shape index (κ1) is 17.7. The summed E-state index contributed by atoms with van der Waals surface area (Å²) in [7, 11) is 0. The Morgan fingerprint density at radius 1 is 1.24 bits per heavy atom. The quantitative estimate of drug-likeness (QED) is 0.515. The fourth-order valence-corrected chi connectivity index (χ4v) is 4.91. The summed E-state index contributed by atoms with van der Waals surface area (Å²) in [4.78, 5) is 0. The molecule has 1 nitrogen and oxygen atoms in total. The van der Waals surface area contributed by atoms with E-state index in [-0.39, 0.29) is 0 Å². The lowest BCUT2D eigenvalue weighted by atomic mass is 9.72. The van der Waals surface area contributed by atoms with Gasteiger partial charge in [0.1, 0.15) is 0 Å². The van der Waals surface area contributed by atoms with Gasteiger partial charge in [0, 0.05) is 14.1 Å². The van der Waals surface area contributed by atoms with E-state index < -0.39 is 0 Å². The summed E-state index contributed by atoms with van der Waals surface area (Å²) in [6, 6.07) is 7.20. The van der Waals surface area contributed by atoms with Gasteiger partial charge in [-0.05, 0) is 96.3 Å². The first-order chi connectivity index (χ1) is 10.0. The monoisotopic (exact) mass is 463 g/mol. The molecule has 118 valence electrons. The lowest BCUT2D eigenvalue weighted by Crippen LogP contribution is -2.34. The van der Waals surface area contributed by atoms with Crippen LogP contribution < -0.4 is 5.32 Å². The SMILES string of the molecule is CCCNC(c1cc(Br)ccc1I)C1CC(C)CC(C)C1. The van der Waals surface area contributed by atoms with Gasteiger partial charge in [0.15, 0.2) is 0 Å². The summed E-state index contributed by atoms with van der Waals surface area (Å²) in [5.74, 6) is 2.47. The third kappa shape index (κ3) is 4.93. The van der Waals surface area contributed by atoms with E-state index in [9.17, 15) is 0 Å². The molecule has 1 fully saturated rings. The van der Waals surface area contributed by atoms with E-state index in [0.717, 1.165) is 24.3 Å². The Morgan fingerprint density at radius 2 is 1.90 bits per heavy atom. The van der Waals surface area contributed by atoms with E-state index in [0.29, 0.717) is 6.04 Å². The molecular weight excluding hydrogens is 437 g/mol. The van der Waals surface area contributed by atoms with E-state index in [2.05, 4.69) is 82.8 Å². The number of rotatable bonds is 5. The summed E-state index contributed by atoms with van der Waals surface area (Å²) >= 11 is 6.14. The number of hydrogen-bond acceptors (Lipinski definition) is 1. The molecule has 0 aliphatic heterocycles. The van der Waals surface area contributed by atoms with Gasteiger partial charge in [0.05, 0.1) is 0 Å². The third-order valence-electron chi connectivity index (χ3n) is 4.59. The average molecular weight is 464 g/mol. The van der Waals surface area contributed by atoms with Crippen LogP contribution in [0.1, 0.15) is 58.1 Å². The van der Waals surface area contributed by atoms with Crippen LogP contribution in [-0.2, 0) is 0 Å². The molecule has 1 saturated carbocycles. The first-order valence-electron chi connectivity index (χ1n) is 8.19. The van der Waals surface area contributed by atoms with Crippen LogP contribution >= 0.6 is 38.5 Å². The van der Waals surface area contributed by atoms with E-state index >= 15 is 0 Å². The van der Waals surface area contributed by atoms with Crippen molar-refractivity contribution >= 4 is 38.5 Å². The molecule has 1 aliphatic carbocycles. The number of halogens is 2. The Balaban J connectivity index is 2.26. The number of nitrogens with one attached hydrogen (secondary N) is 1. The lowest BCUT2D eigenvalue weighted by Gasteiger charge is -2.37. The van der Waals surface area contributed by atoms with Crippen molar-refractivity contribution in [2.75, 3.05) is 6.54 Å². The van der Waals surface area contributed by atoms with Crippen LogP contribution in [0.2, 0.25) is 0 Å². The van der Waals surface area contributed by atoms with Crippen molar-refractivity contribution in [3.63, 3.8) is 0 Å². The lowest BCUT2D eigenvalue weighted by molar-refractivity contribution is 0.176. The molecule has 0 saturated heterocycles. The molecule has 3 unspecified atom stereocenters. The van der Waals surface area contributed by atoms with Gasteiger partial charge in [0.2, 0.25) is 0 Å². The Labute approximate surface area is 151 Å². The van der Waals surface area contributed by atoms with Crippen molar-refractivity contribution in [2.45, 2.75) is 52.5 Å². The van der Waals surface area contributed by atoms with Crippen LogP contribution in [0.4, 0.5) is 0 Å². The van der Waals surface area contributed by atoms with Crippen molar-refractivity contribution in [3.8, 4) is 0 Å². The molecule has 1 N–H and O–H groups in total. The summed E-state index contributed by atoms with van der Waals surface area (Å²) in [6.07, 6.45) is 5.30. The van der Waals surface area contributed by atoms with Gasteiger partial charge in [0.25, 0.3) is 0 Å². The summed E-state index contributed by atoms with van der Waals surface area (Å²) in [5, 5.41) is 3.84. The normalized spacial score (nSPS) is 27.6. The average Bonchev–Trinajstić information content (AvgIpc) is 2.42. The Hall–Kier alpha value is 0.390. The van der Waals surface area contributed by atoms with E-state index in [1.807, 2.05) is 0 Å². The molecule has 21 heavy (non-hydrogen) atoms. The second-order valence-corrected chi connectivity index (χ2v) is 8.85. The maximum atomic E-state index is 3.84. The van der Waals surface area contributed by atoms with Gasteiger partial charge in [-0.1, -0.05) is 36.7 Å². The van der Waals surface area contributed by atoms with Crippen LogP contribution in [0, 0.1) is 21.3 Å². The van der Waals surface area contributed by atoms with Gasteiger partial charge in [-0.2, -0.15) is 0 Å². The molecule has 0 amide bonds. The van der Waals surface area contributed by atoms with Crippen LogP contribution in [0.5, 0.6) is 0 Å². The number of hydrogen-bond donors (Lipinski definition) is 1. The summed E-state index contributed by atoms with van der Waals surface area (Å²) in [5.41, 5.74) is 1.48. The van der Waals surface area contributed by atoms with Gasteiger partial charge >= 0.3 is 0 Å². The first-order valence-corrected chi connectivity index (χ1v) is 10.1. The fourth-order valence-electron chi connectivity index (χ4n) is 3.86. The molecule has 1 aromatic rings. The molecule has 0 spiro atoms. The highest BCUT2D eigenvalue weighted by Gasteiger charge is 2.31. The number of benzene rings is 1. The molecule has 3 heteroatoms. The maximum Gasteiger partial charge on any atom is 0.0359 e. The van der Waals surface area contributed by atoms with E-state index in [1.54, 1.807) is 0 Å². The predicted molar refractivity (Wildman–Crippen MR) is 104 cm³/mol. The van der Waals surface area contributed by atoms with Gasteiger partial charge in [-0.15, -0.1) is 0 Å². The molecule has 0 radical (unpaired) electrons. The molecule has 0 bridgehead atoms. The molecule has 1 aromatic carbocycles. The minimum absolute atomic E-state index is 0.500. The van der Waals surface area contributed by atoms with Crippen LogP contribution in [0.25, 0.3) is 0 Å². The molecule has 1 aliphatic rings. The van der Waals surface area contributed by atoms with Crippen molar-refractivity contribution in [3.05, 3.63) is 31.8 Å². The minimum atomic E-state index is 0.500. The third-order valence-corrected chi connectivity index (χ3v) is 6.07. The predicted octanol–water partition coefficient (Wildman–Crippen LogP) is 6.17. The highest BCUT2D eigenvalue weighted by atomic mass is 127. The second kappa shape index (κ2) is 8.30. The fraction of sp³-hybridized carbons (Fsp3) is 0.667. The summed E-state index contributed by atoms with van der Waals surface area (Å²) in [6.45, 7) is 8.20. The molecule has 2 rings (SSSR count). The topological polar surface area (TPSA) is 12.0 Å². The molecular formula is C18H27BrIN. The van der Waals surface area contributed by atoms with Crippen molar-refractivity contribution in [2.24, 2.45) is 17.8 Å². The van der Waals surface area contributed by atoms with Crippen LogP contribution in [0.3, 0.4) is 0 Å². The highest BCUT2D eigenvalue weighted by Crippen LogP contribution is 2.41. The Morgan fingerprint density at radius 3 is 2.52 bits per heavy atom. The zero-order valence-electron chi connectivity index (χ0n) is 13.3. The largest absolute Gasteiger partial charge is 0.310 e. The van der Waals surface area contributed by atoms with Crippen LogP contribution in [0.15, 0.2) is 22.7 Å². The Kier molecular flexibility index (Phi) is 7.01. The zero-order chi connectivity index (χ0) is 15.4. The smallest absolute Gasteiger partial charge is 0.0359 e. The minimum Gasteiger partial charge on any atom is -0.310 e. The standard InChI is InChI=1S/C18H27BrIN/c1-4-7-21-18(14-9-12(2)8-13(3)10-14)16-11-15(19)5-6-17(16)20/h5-6,11-14,18,21H,4,7-10H2,1-3H3. The van der Waals surface area contributed by atoms with Crippen molar-refractivity contribution < 1.29 is 0 Å². The van der Waals surface area contributed by atoms with Crippen molar-refractivity contribution in [1.29, 1.82) is 0 Å². The second-order valence-electron chi connectivity index (χ2n) is 6.78. The van der Waals surface area contributed by atoms with E-state index in [1.165, 1.54) is 39.3 Å². The van der Waals surface area contributed by atoms with Crippen molar-refractivity contribution in [1.82, 2.24) is 5.32 Å². The van der Waals surface area contributed by atoms with Gasteiger partial charge in [-0.25, -0.2) is 0 Å². The van der Waals surface area contributed by atoms with Crippen LogP contribution in [-0.4, -0.2) is 6.54 Å². The van der Waals surface area contributed by atoms with Gasteiger partial charge in [-0.3, -0.25) is 0 Å². The molecule has 0 aromatic heterocycles. The molecule has 3 atom stereocenters. The highest BCUT2D eigenvalue weighted by molar-refractivity contribution is 14.1.